The number of H-pyrrole nitrogens is 1. The maximum absolute atomic E-state index is 13.7. The standard InChI is InChI=1S/C27H30F2N4O3/c1-15(2)24(25(30)35)32-26(36)27(33-23(34)10-8-16-7-9-19(28)20(29)13-16)12-11-22-18(14-27)17-5-3-4-6-21(17)31-22/h3-7,9,13,15,24,31H,8,10-12,14H2,1-2H3,(H2,30,35)(H,32,36)(H,33,34)/t24-,27+/m0/s1. The lowest BCUT2D eigenvalue weighted by Crippen LogP contribution is -2.64. The number of hydrogen-bond acceptors (Lipinski definition) is 3. The third kappa shape index (κ3) is 5.10. The fourth-order valence-corrected chi connectivity index (χ4v) is 4.89. The van der Waals surface area contributed by atoms with Crippen LogP contribution in [0.15, 0.2) is 42.5 Å². The highest BCUT2D eigenvalue weighted by Crippen LogP contribution is 2.34. The molecule has 9 heteroatoms. The lowest BCUT2D eigenvalue weighted by atomic mass is 9.78. The van der Waals surface area contributed by atoms with Gasteiger partial charge in [0.1, 0.15) is 11.6 Å². The van der Waals surface area contributed by atoms with Crippen molar-refractivity contribution < 1.29 is 23.2 Å². The second-order valence-corrected chi connectivity index (χ2v) is 9.78. The van der Waals surface area contributed by atoms with Gasteiger partial charge in [-0.2, -0.15) is 0 Å². The molecule has 190 valence electrons. The summed E-state index contributed by atoms with van der Waals surface area (Å²) >= 11 is 0. The fourth-order valence-electron chi connectivity index (χ4n) is 4.89. The Morgan fingerprint density at radius 2 is 1.86 bits per heavy atom. The van der Waals surface area contributed by atoms with Gasteiger partial charge in [0.15, 0.2) is 11.6 Å². The number of nitrogens with two attached hydrogens (primary N) is 1. The maximum atomic E-state index is 13.7. The minimum absolute atomic E-state index is 0.0235. The molecule has 5 N–H and O–H groups in total. The molecule has 0 fully saturated rings. The van der Waals surface area contributed by atoms with E-state index in [1.54, 1.807) is 13.8 Å². The number of carbonyl (C=O) groups excluding carboxylic acids is 3. The molecule has 2 atom stereocenters. The average Bonchev–Trinajstić information content (AvgIpc) is 3.20. The van der Waals surface area contributed by atoms with E-state index in [0.29, 0.717) is 18.4 Å². The largest absolute Gasteiger partial charge is 0.368 e. The number of para-hydroxylation sites is 1. The molecule has 3 amide bonds. The lowest BCUT2D eigenvalue weighted by molar-refractivity contribution is -0.136. The molecule has 1 aliphatic rings. The smallest absolute Gasteiger partial charge is 0.246 e. The van der Waals surface area contributed by atoms with Gasteiger partial charge in [0.2, 0.25) is 17.7 Å². The van der Waals surface area contributed by atoms with Crippen LogP contribution in [0.5, 0.6) is 0 Å². The topological polar surface area (TPSA) is 117 Å². The number of hydrogen-bond donors (Lipinski definition) is 4. The number of aromatic amines is 1. The van der Waals surface area contributed by atoms with Crippen molar-refractivity contribution in [2.45, 2.75) is 57.5 Å². The molecule has 0 bridgehead atoms. The number of fused-ring (bicyclic) bond motifs is 3. The number of amides is 3. The Balaban J connectivity index is 1.60. The van der Waals surface area contributed by atoms with Crippen LogP contribution in [0, 0.1) is 17.6 Å². The van der Waals surface area contributed by atoms with Crippen LogP contribution in [0.2, 0.25) is 0 Å². The molecule has 0 unspecified atom stereocenters. The van der Waals surface area contributed by atoms with E-state index in [1.807, 2.05) is 24.3 Å². The molecule has 0 radical (unpaired) electrons. The van der Waals surface area contributed by atoms with Crippen LogP contribution in [-0.4, -0.2) is 34.3 Å². The first-order valence-corrected chi connectivity index (χ1v) is 12.0. The average molecular weight is 497 g/mol. The first-order chi connectivity index (χ1) is 17.1. The number of aryl methyl sites for hydroxylation is 2. The number of rotatable bonds is 8. The molecule has 0 saturated heterocycles. The number of nitrogens with one attached hydrogen (secondary N) is 3. The van der Waals surface area contributed by atoms with Crippen LogP contribution in [0.4, 0.5) is 8.78 Å². The van der Waals surface area contributed by atoms with Crippen LogP contribution in [0.3, 0.4) is 0 Å². The Morgan fingerprint density at radius 1 is 1.11 bits per heavy atom. The third-order valence-corrected chi connectivity index (χ3v) is 6.88. The SMILES string of the molecule is CC(C)[C@H](NC(=O)[C@@]1(NC(=O)CCc2ccc(F)c(F)c2)CCc2[nH]c3ccccc3c2C1)C(N)=O. The van der Waals surface area contributed by atoms with Gasteiger partial charge < -0.3 is 21.4 Å². The van der Waals surface area contributed by atoms with E-state index in [0.717, 1.165) is 34.3 Å². The minimum Gasteiger partial charge on any atom is -0.368 e. The molecular formula is C27H30F2N4O3. The van der Waals surface area contributed by atoms with Crippen LogP contribution in [0.25, 0.3) is 10.9 Å². The van der Waals surface area contributed by atoms with E-state index in [4.69, 9.17) is 5.73 Å². The molecule has 1 heterocycles. The van der Waals surface area contributed by atoms with Crippen molar-refractivity contribution in [2.75, 3.05) is 0 Å². The van der Waals surface area contributed by atoms with Crippen LogP contribution >= 0.6 is 0 Å². The van der Waals surface area contributed by atoms with Gasteiger partial charge in [-0.05, 0) is 54.5 Å². The number of aromatic nitrogens is 1. The van der Waals surface area contributed by atoms with Crippen LogP contribution in [-0.2, 0) is 33.6 Å². The summed E-state index contributed by atoms with van der Waals surface area (Å²) in [5, 5.41) is 6.65. The molecular weight excluding hydrogens is 466 g/mol. The van der Waals surface area contributed by atoms with Crippen molar-refractivity contribution in [1.82, 2.24) is 15.6 Å². The first-order valence-electron chi connectivity index (χ1n) is 12.0. The molecule has 2 aromatic carbocycles. The highest BCUT2D eigenvalue weighted by molar-refractivity contribution is 5.96. The van der Waals surface area contributed by atoms with Gasteiger partial charge in [0.25, 0.3) is 0 Å². The number of primary amides is 1. The molecule has 1 aromatic heterocycles. The summed E-state index contributed by atoms with van der Waals surface area (Å²) in [6.07, 6.45) is 1.22. The van der Waals surface area contributed by atoms with E-state index >= 15 is 0 Å². The minimum atomic E-state index is -1.30. The van der Waals surface area contributed by atoms with Gasteiger partial charge in [0, 0.05) is 29.4 Å². The molecule has 1 aliphatic carbocycles. The number of halogens is 2. The quantitative estimate of drug-likeness (QED) is 0.384. The van der Waals surface area contributed by atoms with E-state index < -0.39 is 40.9 Å². The van der Waals surface area contributed by atoms with Gasteiger partial charge in [-0.15, -0.1) is 0 Å². The summed E-state index contributed by atoms with van der Waals surface area (Å²) < 4.78 is 26.8. The zero-order valence-electron chi connectivity index (χ0n) is 20.3. The van der Waals surface area contributed by atoms with Gasteiger partial charge in [-0.1, -0.05) is 38.1 Å². The Hall–Kier alpha value is -3.75. The van der Waals surface area contributed by atoms with Crippen LogP contribution in [0.1, 0.15) is 43.5 Å². The maximum Gasteiger partial charge on any atom is 0.246 e. The molecule has 3 aromatic rings. The van der Waals surface area contributed by atoms with Crippen molar-refractivity contribution in [1.29, 1.82) is 0 Å². The van der Waals surface area contributed by atoms with E-state index in [2.05, 4.69) is 15.6 Å². The summed E-state index contributed by atoms with van der Waals surface area (Å²) in [4.78, 5) is 42.1. The highest BCUT2D eigenvalue weighted by atomic mass is 19.2. The Morgan fingerprint density at radius 3 is 2.56 bits per heavy atom. The summed E-state index contributed by atoms with van der Waals surface area (Å²) in [7, 11) is 0. The Kier molecular flexibility index (Phi) is 7.10. The third-order valence-electron chi connectivity index (χ3n) is 6.88. The predicted octanol–water partition coefficient (Wildman–Crippen LogP) is 3.05. The fraction of sp³-hybridized carbons (Fsp3) is 0.370. The van der Waals surface area contributed by atoms with Gasteiger partial charge in [0.05, 0.1) is 0 Å². The predicted molar refractivity (Wildman–Crippen MR) is 132 cm³/mol. The van der Waals surface area contributed by atoms with Gasteiger partial charge >= 0.3 is 0 Å². The summed E-state index contributed by atoms with van der Waals surface area (Å²) in [6, 6.07) is 10.4. The Labute approximate surface area is 207 Å². The van der Waals surface area contributed by atoms with Gasteiger partial charge in [-0.3, -0.25) is 14.4 Å². The zero-order chi connectivity index (χ0) is 26.0. The van der Waals surface area contributed by atoms with E-state index in [9.17, 15) is 23.2 Å². The normalized spacial score (nSPS) is 18.0. The first kappa shape index (κ1) is 25.3. The number of carbonyl (C=O) groups is 3. The van der Waals surface area contributed by atoms with Crippen molar-refractivity contribution in [2.24, 2.45) is 11.7 Å². The molecule has 7 nitrogen and oxygen atoms in total. The molecule has 36 heavy (non-hydrogen) atoms. The molecule has 0 aliphatic heterocycles. The Bertz CT molecular complexity index is 1320. The summed E-state index contributed by atoms with van der Waals surface area (Å²) in [5.74, 6) is -3.70. The highest BCUT2D eigenvalue weighted by Gasteiger charge is 2.45. The van der Waals surface area contributed by atoms with Gasteiger partial charge in [-0.25, -0.2) is 8.78 Å². The zero-order valence-corrected chi connectivity index (χ0v) is 20.3. The lowest BCUT2D eigenvalue weighted by Gasteiger charge is -2.38. The second-order valence-electron chi connectivity index (χ2n) is 9.78. The number of benzene rings is 2. The van der Waals surface area contributed by atoms with Crippen molar-refractivity contribution >= 4 is 28.6 Å². The summed E-state index contributed by atoms with van der Waals surface area (Å²) in [6.45, 7) is 3.56. The molecule has 0 spiro atoms. The van der Waals surface area contributed by atoms with Crippen molar-refractivity contribution in [3.05, 3.63) is 70.9 Å². The molecule has 4 rings (SSSR count). The summed E-state index contributed by atoms with van der Waals surface area (Å²) in [5.41, 5.74) is 7.59. The van der Waals surface area contributed by atoms with Crippen LogP contribution < -0.4 is 16.4 Å². The molecule has 0 saturated carbocycles. The second kappa shape index (κ2) is 10.1. The van der Waals surface area contributed by atoms with E-state index in [1.165, 1.54) is 6.07 Å². The monoisotopic (exact) mass is 496 g/mol. The van der Waals surface area contributed by atoms with E-state index in [-0.39, 0.29) is 25.2 Å². The van der Waals surface area contributed by atoms with Crippen molar-refractivity contribution in [3.8, 4) is 0 Å². The van der Waals surface area contributed by atoms with Crippen molar-refractivity contribution in [3.63, 3.8) is 0 Å².